The highest BCUT2D eigenvalue weighted by atomic mass is 35.5. The molecule has 1 amide bonds. The summed E-state index contributed by atoms with van der Waals surface area (Å²) in [5, 5.41) is 12.8. The van der Waals surface area contributed by atoms with Crippen LogP contribution < -0.4 is 19.5 Å². The molecule has 0 aliphatic carbocycles. The number of amides is 1. The Hall–Kier alpha value is -4.48. The molecule has 0 spiro atoms. The van der Waals surface area contributed by atoms with E-state index in [0.717, 1.165) is 11.0 Å². The van der Waals surface area contributed by atoms with Crippen LogP contribution in [0, 0.1) is 11.3 Å². The van der Waals surface area contributed by atoms with Crippen molar-refractivity contribution in [3.05, 3.63) is 77.1 Å². The standard InChI is InChI=1S/C26H21ClN4O4/c1-33-22-10-8-18(13-19(22)27)29-25(32)15-35-23-9-7-16(12-24(23)34-2)11-17(14-28)26-30-20-5-3-4-6-21(20)31-26/h3-13H,15H2,1-2H3,(H,29,32)(H,30,31)/b17-11+. The van der Waals surface area contributed by atoms with E-state index < -0.39 is 0 Å². The van der Waals surface area contributed by atoms with Gasteiger partial charge in [-0.1, -0.05) is 29.8 Å². The number of imidazole rings is 1. The van der Waals surface area contributed by atoms with E-state index in [1.807, 2.05) is 24.3 Å². The molecule has 0 radical (unpaired) electrons. The Kier molecular flexibility index (Phi) is 7.19. The summed E-state index contributed by atoms with van der Waals surface area (Å²) in [6.45, 7) is -0.238. The zero-order valence-corrected chi connectivity index (χ0v) is 19.7. The van der Waals surface area contributed by atoms with E-state index in [4.69, 9.17) is 25.8 Å². The Morgan fingerprint density at radius 3 is 2.57 bits per heavy atom. The highest BCUT2D eigenvalue weighted by molar-refractivity contribution is 6.32. The smallest absolute Gasteiger partial charge is 0.262 e. The minimum Gasteiger partial charge on any atom is -0.495 e. The van der Waals surface area contributed by atoms with Crippen molar-refractivity contribution in [3.8, 4) is 23.3 Å². The number of nitrogens with one attached hydrogen (secondary N) is 2. The van der Waals surface area contributed by atoms with Gasteiger partial charge in [-0.15, -0.1) is 0 Å². The number of hydrogen-bond donors (Lipinski definition) is 2. The Labute approximate surface area is 206 Å². The van der Waals surface area contributed by atoms with Crippen LogP contribution in [0.5, 0.6) is 17.2 Å². The summed E-state index contributed by atoms with van der Waals surface area (Å²) >= 11 is 6.09. The quantitative estimate of drug-likeness (QED) is 0.325. The van der Waals surface area contributed by atoms with Crippen LogP contribution in [0.2, 0.25) is 5.02 Å². The molecule has 35 heavy (non-hydrogen) atoms. The summed E-state index contributed by atoms with van der Waals surface area (Å²) in [5.74, 6) is 1.42. The first-order chi connectivity index (χ1) is 17.0. The minimum absolute atomic E-state index is 0.238. The Balaban J connectivity index is 1.46. The van der Waals surface area contributed by atoms with Crippen molar-refractivity contribution in [2.75, 3.05) is 26.1 Å². The van der Waals surface area contributed by atoms with Crippen LogP contribution in [0.25, 0.3) is 22.7 Å². The number of allylic oxidation sites excluding steroid dienone is 1. The predicted octanol–water partition coefficient (Wildman–Crippen LogP) is 5.32. The van der Waals surface area contributed by atoms with Gasteiger partial charge in [0.25, 0.3) is 5.91 Å². The lowest BCUT2D eigenvalue weighted by Crippen LogP contribution is -2.20. The van der Waals surface area contributed by atoms with E-state index in [1.54, 1.807) is 42.5 Å². The van der Waals surface area contributed by atoms with Crippen LogP contribution in [0.15, 0.2) is 60.7 Å². The number of nitriles is 1. The molecular formula is C26H21ClN4O4. The minimum atomic E-state index is -0.367. The predicted molar refractivity (Wildman–Crippen MR) is 135 cm³/mol. The van der Waals surface area contributed by atoms with Gasteiger partial charge in [0, 0.05) is 5.69 Å². The van der Waals surface area contributed by atoms with E-state index in [1.165, 1.54) is 14.2 Å². The lowest BCUT2D eigenvalue weighted by Gasteiger charge is -2.12. The van der Waals surface area contributed by atoms with Crippen LogP contribution in [0.4, 0.5) is 5.69 Å². The van der Waals surface area contributed by atoms with Gasteiger partial charge < -0.3 is 24.5 Å². The van der Waals surface area contributed by atoms with Gasteiger partial charge in [0.2, 0.25) is 0 Å². The number of hydrogen-bond acceptors (Lipinski definition) is 6. The van der Waals surface area contributed by atoms with Gasteiger partial charge in [0.05, 0.1) is 35.8 Å². The number of anilines is 1. The number of benzene rings is 3. The van der Waals surface area contributed by atoms with Crippen molar-refractivity contribution in [2.24, 2.45) is 0 Å². The molecule has 8 nitrogen and oxygen atoms in total. The molecule has 0 bridgehead atoms. The molecule has 1 aromatic heterocycles. The van der Waals surface area contributed by atoms with Gasteiger partial charge in [-0.3, -0.25) is 4.79 Å². The third-order valence-corrected chi connectivity index (χ3v) is 5.35. The summed E-state index contributed by atoms with van der Waals surface area (Å²) in [5.41, 5.74) is 3.23. The fraction of sp³-hybridized carbons (Fsp3) is 0.115. The number of para-hydroxylation sites is 2. The Morgan fingerprint density at radius 2 is 1.86 bits per heavy atom. The van der Waals surface area contributed by atoms with E-state index in [9.17, 15) is 10.1 Å². The number of halogens is 1. The van der Waals surface area contributed by atoms with Crippen molar-refractivity contribution in [1.82, 2.24) is 9.97 Å². The average molecular weight is 489 g/mol. The Bertz CT molecular complexity index is 1420. The number of rotatable bonds is 8. The highest BCUT2D eigenvalue weighted by Gasteiger charge is 2.12. The maximum atomic E-state index is 12.3. The summed E-state index contributed by atoms with van der Waals surface area (Å²) in [7, 11) is 3.02. The monoisotopic (exact) mass is 488 g/mol. The third-order valence-electron chi connectivity index (χ3n) is 5.06. The number of aromatic amines is 1. The van der Waals surface area contributed by atoms with Crippen LogP contribution in [0.3, 0.4) is 0 Å². The van der Waals surface area contributed by atoms with E-state index in [0.29, 0.717) is 44.9 Å². The first-order valence-electron chi connectivity index (χ1n) is 10.5. The molecule has 176 valence electrons. The van der Waals surface area contributed by atoms with Crippen LogP contribution >= 0.6 is 11.6 Å². The second-order valence-corrected chi connectivity index (χ2v) is 7.78. The molecule has 0 unspecified atom stereocenters. The first-order valence-corrected chi connectivity index (χ1v) is 10.9. The number of carbonyl (C=O) groups is 1. The zero-order valence-electron chi connectivity index (χ0n) is 19.0. The van der Waals surface area contributed by atoms with E-state index in [2.05, 4.69) is 21.4 Å². The number of nitrogens with zero attached hydrogens (tertiary/aromatic N) is 2. The van der Waals surface area contributed by atoms with Crippen LogP contribution in [0.1, 0.15) is 11.4 Å². The van der Waals surface area contributed by atoms with Gasteiger partial charge >= 0.3 is 0 Å². The maximum Gasteiger partial charge on any atom is 0.262 e. The summed E-state index contributed by atoms with van der Waals surface area (Å²) < 4.78 is 16.2. The fourth-order valence-corrected chi connectivity index (χ4v) is 3.64. The van der Waals surface area contributed by atoms with Crippen molar-refractivity contribution in [1.29, 1.82) is 5.26 Å². The summed E-state index contributed by atoms with van der Waals surface area (Å²) in [6.07, 6.45) is 1.70. The van der Waals surface area contributed by atoms with Crippen LogP contribution in [-0.2, 0) is 4.79 Å². The van der Waals surface area contributed by atoms with Gasteiger partial charge in [0.15, 0.2) is 18.1 Å². The lowest BCUT2D eigenvalue weighted by molar-refractivity contribution is -0.118. The number of H-pyrrole nitrogens is 1. The normalized spacial score (nSPS) is 11.1. The van der Waals surface area contributed by atoms with Gasteiger partial charge in [-0.25, -0.2) is 4.98 Å². The van der Waals surface area contributed by atoms with Crippen molar-refractivity contribution in [3.63, 3.8) is 0 Å². The number of fused-ring (bicyclic) bond motifs is 1. The first kappa shape index (κ1) is 23.7. The molecule has 0 atom stereocenters. The molecule has 0 aliphatic rings. The second kappa shape index (κ2) is 10.6. The highest BCUT2D eigenvalue weighted by Crippen LogP contribution is 2.30. The van der Waals surface area contributed by atoms with Crippen molar-refractivity contribution < 1.29 is 19.0 Å². The maximum absolute atomic E-state index is 12.3. The van der Waals surface area contributed by atoms with E-state index in [-0.39, 0.29) is 12.5 Å². The van der Waals surface area contributed by atoms with Gasteiger partial charge in [-0.2, -0.15) is 5.26 Å². The topological polar surface area (TPSA) is 109 Å². The molecule has 4 rings (SSSR count). The Morgan fingerprint density at radius 1 is 1.09 bits per heavy atom. The lowest BCUT2D eigenvalue weighted by atomic mass is 10.1. The number of ether oxygens (including phenoxy) is 3. The van der Waals surface area contributed by atoms with Gasteiger partial charge in [0.1, 0.15) is 17.6 Å². The van der Waals surface area contributed by atoms with Crippen LogP contribution in [-0.4, -0.2) is 36.7 Å². The zero-order chi connectivity index (χ0) is 24.8. The molecular weight excluding hydrogens is 468 g/mol. The third kappa shape index (κ3) is 5.54. The van der Waals surface area contributed by atoms with Crippen molar-refractivity contribution >= 4 is 45.9 Å². The largest absolute Gasteiger partial charge is 0.495 e. The number of methoxy groups -OCH3 is 2. The molecule has 0 fully saturated rings. The summed E-state index contributed by atoms with van der Waals surface area (Å²) in [4.78, 5) is 20.0. The SMILES string of the molecule is COc1ccc(NC(=O)COc2ccc(/C=C(\C#N)c3nc4ccccc4[nH]3)cc2OC)cc1Cl. The number of carbonyl (C=O) groups excluding carboxylic acids is 1. The van der Waals surface area contributed by atoms with Gasteiger partial charge in [-0.05, 0) is 54.1 Å². The number of aromatic nitrogens is 2. The molecule has 2 N–H and O–H groups in total. The second-order valence-electron chi connectivity index (χ2n) is 7.37. The molecule has 9 heteroatoms. The molecule has 0 saturated carbocycles. The molecule has 0 aliphatic heterocycles. The fourth-order valence-electron chi connectivity index (χ4n) is 3.38. The van der Waals surface area contributed by atoms with Crippen molar-refractivity contribution in [2.45, 2.75) is 0 Å². The molecule has 4 aromatic rings. The summed E-state index contributed by atoms with van der Waals surface area (Å²) in [6, 6.07) is 19.8. The van der Waals surface area contributed by atoms with E-state index >= 15 is 0 Å². The molecule has 0 saturated heterocycles. The molecule has 1 heterocycles. The average Bonchev–Trinajstić information content (AvgIpc) is 3.30. The molecule has 3 aromatic carbocycles.